The van der Waals surface area contributed by atoms with Crippen LogP contribution in [0.15, 0.2) is 24.3 Å². The topological polar surface area (TPSA) is 46.3 Å². The highest BCUT2D eigenvalue weighted by atomic mass is 16.2. The lowest BCUT2D eigenvalue weighted by atomic mass is 10.0. The average molecular weight is 288 g/mol. The largest absolute Gasteiger partial charge is 0.334 e. The molecule has 0 spiro atoms. The molecule has 2 rings (SSSR count). The Bertz CT molecular complexity index is 463. The average Bonchev–Trinajstić information content (AvgIpc) is 3.28. The molecule has 3 nitrogen and oxygen atoms in total. The SMILES string of the molecule is CCc1ccc(CN(C(=O)[C@H](N)CC(C)C)C2CC2)cc1. The zero-order valence-electron chi connectivity index (χ0n) is 13.5. The summed E-state index contributed by atoms with van der Waals surface area (Å²) in [6.07, 6.45) is 4.04. The summed E-state index contributed by atoms with van der Waals surface area (Å²) < 4.78 is 0. The first-order valence-corrected chi connectivity index (χ1v) is 8.15. The van der Waals surface area contributed by atoms with Crippen LogP contribution >= 0.6 is 0 Å². The summed E-state index contributed by atoms with van der Waals surface area (Å²) in [5.74, 6) is 0.569. The molecule has 0 saturated heterocycles. The first-order valence-electron chi connectivity index (χ1n) is 8.15. The first kappa shape index (κ1) is 16.0. The van der Waals surface area contributed by atoms with Gasteiger partial charge in [0.2, 0.25) is 5.91 Å². The van der Waals surface area contributed by atoms with E-state index in [-0.39, 0.29) is 11.9 Å². The number of amides is 1. The number of nitrogens with two attached hydrogens (primary N) is 1. The molecule has 1 atom stereocenters. The summed E-state index contributed by atoms with van der Waals surface area (Å²) in [5, 5.41) is 0. The third-order valence-electron chi connectivity index (χ3n) is 4.10. The van der Waals surface area contributed by atoms with Gasteiger partial charge in [0, 0.05) is 12.6 Å². The maximum absolute atomic E-state index is 12.6. The molecular weight excluding hydrogens is 260 g/mol. The molecule has 0 radical (unpaired) electrons. The molecule has 21 heavy (non-hydrogen) atoms. The molecular formula is C18H28N2O. The first-order chi connectivity index (χ1) is 10.0. The van der Waals surface area contributed by atoms with Crippen LogP contribution < -0.4 is 5.73 Å². The van der Waals surface area contributed by atoms with Gasteiger partial charge in [0.05, 0.1) is 6.04 Å². The Morgan fingerprint density at radius 2 is 1.81 bits per heavy atom. The monoisotopic (exact) mass is 288 g/mol. The van der Waals surface area contributed by atoms with Gasteiger partial charge >= 0.3 is 0 Å². The normalized spacial score (nSPS) is 16.0. The quantitative estimate of drug-likeness (QED) is 0.838. The fourth-order valence-electron chi connectivity index (χ4n) is 2.67. The van der Waals surface area contributed by atoms with E-state index in [2.05, 4.69) is 45.0 Å². The van der Waals surface area contributed by atoms with Crippen molar-refractivity contribution >= 4 is 5.91 Å². The fourth-order valence-corrected chi connectivity index (χ4v) is 2.67. The third-order valence-corrected chi connectivity index (χ3v) is 4.10. The highest BCUT2D eigenvalue weighted by Gasteiger charge is 2.34. The molecule has 0 unspecified atom stereocenters. The van der Waals surface area contributed by atoms with Crippen molar-refractivity contribution in [1.82, 2.24) is 4.90 Å². The molecule has 1 amide bonds. The number of rotatable bonds is 7. The molecule has 0 bridgehead atoms. The second kappa shape index (κ2) is 7.08. The molecule has 1 saturated carbocycles. The molecule has 1 aromatic carbocycles. The maximum Gasteiger partial charge on any atom is 0.240 e. The summed E-state index contributed by atoms with van der Waals surface area (Å²) in [4.78, 5) is 14.6. The van der Waals surface area contributed by atoms with Crippen molar-refractivity contribution < 1.29 is 4.79 Å². The van der Waals surface area contributed by atoms with Crippen LogP contribution in [0.25, 0.3) is 0 Å². The van der Waals surface area contributed by atoms with E-state index in [1.165, 1.54) is 11.1 Å². The predicted octanol–water partition coefficient (Wildman–Crippen LogP) is 3.11. The van der Waals surface area contributed by atoms with E-state index in [0.29, 0.717) is 18.5 Å². The van der Waals surface area contributed by atoms with Crippen molar-refractivity contribution in [1.29, 1.82) is 0 Å². The molecule has 1 fully saturated rings. The summed E-state index contributed by atoms with van der Waals surface area (Å²) in [5.41, 5.74) is 8.62. The molecule has 1 aliphatic carbocycles. The number of aryl methyl sites for hydroxylation is 1. The van der Waals surface area contributed by atoms with Gasteiger partial charge in [-0.2, -0.15) is 0 Å². The van der Waals surface area contributed by atoms with Crippen molar-refractivity contribution in [3.05, 3.63) is 35.4 Å². The van der Waals surface area contributed by atoms with Crippen LogP contribution in [-0.4, -0.2) is 22.9 Å². The van der Waals surface area contributed by atoms with Crippen LogP contribution in [0.5, 0.6) is 0 Å². The molecule has 116 valence electrons. The molecule has 2 N–H and O–H groups in total. The number of carbonyl (C=O) groups is 1. The van der Waals surface area contributed by atoms with E-state index in [0.717, 1.165) is 25.7 Å². The number of benzene rings is 1. The van der Waals surface area contributed by atoms with Crippen LogP contribution in [-0.2, 0) is 17.8 Å². The second-order valence-electron chi connectivity index (χ2n) is 6.60. The van der Waals surface area contributed by atoms with Crippen LogP contribution in [0, 0.1) is 5.92 Å². The lowest BCUT2D eigenvalue weighted by Crippen LogP contribution is -2.45. The van der Waals surface area contributed by atoms with Gasteiger partial charge in [0.15, 0.2) is 0 Å². The van der Waals surface area contributed by atoms with E-state index in [9.17, 15) is 4.79 Å². The predicted molar refractivity (Wildman–Crippen MR) is 86.8 cm³/mol. The molecule has 1 aromatic rings. The Labute approximate surface area is 128 Å². The zero-order chi connectivity index (χ0) is 15.4. The van der Waals surface area contributed by atoms with E-state index in [4.69, 9.17) is 5.73 Å². The maximum atomic E-state index is 12.6. The van der Waals surface area contributed by atoms with E-state index >= 15 is 0 Å². The minimum absolute atomic E-state index is 0.116. The van der Waals surface area contributed by atoms with Crippen LogP contribution in [0.3, 0.4) is 0 Å². The van der Waals surface area contributed by atoms with Gasteiger partial charge in [-0.25, -0.2) is 0 Å². The fraction of sp³-hybridized carbons (Fsp3) is 0.611. The van der Waals surface area contributed by atoms with Crippen molar-refractivity contribution in [2.24, 2.45) is 11.7 Å². The molecule has 0 aromatic heterocycles. The Balaban J connectivity index is 2.03. The van der Waals surface area contributed by atoms with Crippen LogP contribution in [0.4, 0.5) is 0 Å². The number of hydrogen-bond acceptors (Lipinski definition) is 2. The Morgan fingerprint density at radius 1 is 1.24 bits per heavy atom. The van der Waals surface area contributed by atoms with Crippen LogP contribution in [0.1, 0.15) is 51.2 Å². The third kappa shape index (κ3) is 4.57. The standard InChI is InChI=1S/C18H28N2O/c1-4-14-5-7-15(8-6-14)12-20(16-9-10-16)18(21)17(19)11-13(2)3/h5-8,13,16-17H,4,9-12,19H2,1-3H3/t17-/m1/s1. The molecule has 3 heteroatoms. The van der Waals surface area contributed by atoms with Crippen molar-refractivity contribution in [3.63, 3.8) is 0 Å². The minimum atomic E-state index is -0.361. The minimum Gasteiger partial charge on any atom is -0.334 e. The van der Waals surface area contributed by atoms with Gasteiger partial charge in [0.1, 0.15) is 0 Å². The van der Waals surface area contributed by atoms with Gasteiger partial charge < -0.3 is 10.6 Å². The zero-order valence-corrected chi connectivity index (χ0v) is 13.5. The Hall–Kier alpha value is -1.35. The highest BCUT2D eigenvalue weighted by Crippen LogP contribution is 2.29. The van der Waals surface area contributed by atoms with Crippen molar-refractivity contribution in [3.8, 4) is 0 Å². The van der Waals surface area contributed by atoms with E-state index in [1.807, 2.05) is 4.90 Å². The summed E-state index contributed by atoms with van der Waals surface area (Å²) in [6.45, 7) is 7.06. The molecule has 0 heterocycles. The smallest absolute Gasteiger partial charge is 0.240 e. The molecule has 0 aliphatic heterocycles. The lowest BCUT2D eigenvalue weighted by molar-refractivity contribution is -0.134. The summed E-state index contributed by atoms with van der Waals surface area (Å²) in [6, 6.07) is 8.62. The Morgan fingerprint density at radius 3 is 2.29 bits per heavy atom. The van der Waals surface area contributed by atoms with Crippen molar-refractivity contribution in [2.75, 3.05) is 0 Å². The van der Waals surface area contributed by atoms with Gasteiger partial charge in [-0.15, -0.1) is 0 Å². The van der Waals surface area contributed by atoms with Gasteiger partial charge in [-0.1, -0.05) is 45.0 Å². The Kier molecular flexibility index (Phi) is 5.40. The van der Waals surface area contributed by atoms with Crippen molar-refractivity contribution in [2.45, 2.75) is 65.1 Å². The number of carbonyl (C=O) groups excluding carboxylic acids is 1. The lowest BCUT2D eigenvalue weighted by Gasteiger charge is -2.26. The van der Waals surface area contributed by atoms with Gasteiger partial charge in [0.25, 0.3) is 0 Å². The van der Waals surface area contributed by atoms with Gasteiger partial charge in [-0.05, 0) is 42.7 Å². The van der Waals surface area contributed by atoms with Crippen LogP contribution in [0.2, 0.25) is 0 Å². The van der Waals surface area contributed by atoms with Gasteiger partial charge in [-0.3, -0.25) is 4.79 Å². The second-order valence-corrected chi connectivity index (χ2v) is 6.60. The number of nitrogens with zero attached hydrogens (tertiary/aromatic N) is 1. The summed E-state index contributed by atoms with van der Waals surface area (Å²) >= 11 is 0. The van der Waals surface area contributed by atoms with E-state index in [1.54, 1.807) is 0 Å². The summed E-state index contributed by atoms with van der Waals surface area (Å²) in [7, 11) is 0. The number of hydrogen-bond donors (Lipinski definition) is 1. The highest BCUT2D eigenvalue weighted by molar-refractivity contribution is 5.82. The van der Waals surface area contributed by atoms with E-state index < -0.39 is 0 Å². The molecule has 1 aliphatic rings.